The molecule has 14 heteroatoms. The van der Waals surface area contributed by atoms with E-state index in [0.717, 1.165) is 56.9 Å². The van der Waals surface area contributed by atoms with Gasteiger partial charge in [0.2, 0.25) is 0 Å². The molecule has 1 aliphatic rings. The minimum atomic E-state index is -4.44. The minimum Gasteiger partial charge on any atom is -0.461 e. The average molecular weight is 861 g/mol. The zero-order valence-electron chi connectivity index (χ0n) is 36.1. The third-order valence-corrected chi connectivity index (χ3v) is 13.3. The molecule has 0 saturated heterocycles. The molecular weight excluding hydrogens is 795 g/mol. The second kappa shape index (κ2) is 24.3. The van der Waals surface area contributed by atoms with Gasteiger partial charge in [0.15, 0.2) is 11.5 Å². The summed E-state index contributed by atoms with van der Waals surface area (Å²) in [5.74, 6) is 2.29. The zero-order valence-corrected chi connectivity index (χ0v) is 37.0. The topological polar surface area (TPSA) is 164 Å². The fourth-order valence-electron chi connectivity index (χ4n) is 8.16. The van der Waals surface area contributed by atoms with E-state index < -0.39 is 50.0 Å². The maximum atomic E-state index is 15.1. The number of rotatable bonds is 28. The first-order valence-corrected chi connectivity index (χ1v) is 24.0. The highest BCUT2D eigenvalue weighted by Gasteiger charge is 2.49. The van der Waals surface area contributed by atoms with Crippen LogP contribution in [-0.2, 0) is 25.0 Å². The second-order valence-electron chi connectivity index (χ2n) is 16.5. The molecule has 1 aliphatic carbocycles. The number of terminal acetylenes is 1. The van der Waals surface area contributed by atoms with Crippen LogP contribution in [0.25, 0.3) is 11.2 Å². The lowest BCUT2D eigenvalue weighted by atomic mass is 9.86. The predicted octanol–water partition coefficient (Wildman–Crippen LogP) is 10.5. The number of carbonyl (C=O) groups excluding carboxylic acids is 1. The Balaban J connectivity index is 1.35. The van der Waals surface area contributed by atoms with Crippen LogP contribution in [0.4, 0.5) is 10.2 Å². The van der Waals surface area contributed by atoms with Crippen molar-refractivity contribution in [1.82, 2.24) is 24.6 Å². The summed E-state index contributed by atoms with van der Waals surface area (Å²) in [6, 6.07) is 16.4. The van der Waals surface area contributed by atoms with Crippen molar-refractivity contribution in [2.45, 2.75) is 160 Å². The van der Waals surface area contributed by atoms with Crippen LogP contribution in [-0.4, -0.2) is 55.5 Å². The molecule has 0 bridgehead atoms. The first-order chi connectivity index (χ1) is 29.6. The number of esters is 1. The largest absolute Gasteiger partial charge is 0.461 e. The maximum absolute atomic E-state index is 15.1. The first-order valence-electron chi connectivity index (χ1n) is 22.4. The highest BCUT2D eigenvalue weighted by Crippen LogP contribution is 2.51. The molecule has 1 saturated carbocycles. The third-order valence-electron chi connectivity index (χ3n) is 11.7. The molecule has 0 aliphatic heterocycles. The van der Waals surface area contributed by atoms with E-state index in [1.807, 2.05) is 30.3 Å². The van der Waals surface area contributed by atoms with Crippen molar-refractivity contribution in [2.75, 3.05) is 12.3 Å². The van der Waals surface area contributed by atoms with Crippen molar-refractivity contribution in [3.63, 3.8) is 0 Å². The Hall–Kier alpha value is -4.34. The zero-order chi connectivity index (χ0) is 43.5. The number of fused-ring (bicyclic) bond motifs is 1. The van der Waals surface area contributed by atoms with Crippen molar-refractivity contribution in [3.8, 4) is 18.1 Å². The molecule has 4 N–H and O–H groups in total. The Kier molecular flexibility index (Phi) is 19.0. The SMILES string of the molecule is C#C[C@]1(COP(=O)(N[C@@H](Cc2ccccc2)C(=O)OC(CCCCCCCCC)CCCCCCCCC)Oc2ccccc2)C[C@@H](n2cnc3c(N)nc(F)nc32)C[C@@H]1O. The number of nitrogen functional groups attached to an aromatic ring is 1. The van der Waals surface area contributed by atoms with E-state index in [1.165, 1.54) is 57.7 Å². The lowest BCUT2D eigenvalue weighted by Crippen LogP contribution is -2.42. The quantitative estimate of drug-likeness (QED) is 0.0164. The number of para-hydroxylation sites is 1. The van der Waals surface area contributed by atoms with Gasteiger partial charge in [0.25, 0.3) is 0 Å². The van der Waals surface area contributed by atoms with Crippen LogP contribution >= 0.6 is 7.75 Å². The fraction of sp³-hybridized carbons (Fsp3) is 0.574. The Labute approximate surface area is 361 Å². The van der Waals surface area contributed by atoms with Crippen LogP contribution in [0.15, 0.2) is 67.0 Å². The van der Waals surface area contributed by atoms with Gasteiger partial charge in [-0.1, -0.05) is 145 Å². The van der Waals surface area contributed by atoms with E-state index in [9.17, 15) is 14.3 Å². The number of benzene rings is 2. The lowest BCUT2D eigenvalue weighted by molar-refractivity contribution is -0.152. The summed E-state index contributed by atoms with van der Waals surface area (Å²) in [6.07, 6.45) is 23.3. The number of ether oxygens (including phenoxy) is 1. The maximum Gasteiger partial charge on any atom is 0.459 e. The Morgan fingerprint density at radius 1 is 0.951 bits per heavy atom. The molecule has 1 fully saturated rings. The molecule has 5 rings (SSSR count). The fourth-order valence-corrected chi connectivity index (χ4v) is 9.72. The van der Waals surface area contributed by atoms with Crippen molar-refractivity contribution >= 4 is 30.7 Å². The summed E-state index contributed by atoms with van der Waals surface area (Å²) in [6.45, 7) is 4.03. The first kappa shape index (κ1) is 47.7. The summed E-state index contributed by atoms with van der Waals surface area (Å²) in [5, 5.41) is 14.5. The second-order valence-corrected chi connectivity index (χ2v) is 18.2. The molecule has 2 heterocycles. The van der Waals surface area contributed by atoms with Gasteiger partial charge in [0.1, 0.15) is 23.4 Å². The number of aliphatic hydroxyl groups is 1. The van der Waals surface area contributed by atoms with E-state index >= 15 is 4.57 Å². The van der Waals surface area contributed by atoms with Gasteiger partial charge in [-0.3, -0.25) is 9.32 Å². The molecule has 4 aromatic rings. The van der Waals surface area contributed by atoms with Crippen molar-refractivity contribution < 1.29 is 32.6 Å². The number of nitrogens with one attached hydrogen (secondary N) is 1. The van der Waals surface area contributed by atoms with Gasteiger partial charge in [0.05, 0.1) is 24.5 Å². The number of unbranched alkanes of at least 4 members (excludes halogenated alkanes) is 12. The standard InChI is InChI=1S/C47H66FN6O6P/c1-4-7-9-11-13-15-21-27-38(28-22-16-14-12-10-8-5-2)59-45(56)40(31-36-25-19-17-20-26-36)53-61(57,60-39-29-23-18-24-30-39)58-34-47(6-3)33-37(32-41(47)55)54-35-50-42-43(49)51-46(48)52-44(42)54/h3,17-20,23-26,29-30,35,37-38,40-41,55H,4-5,7-16,21-22,27-28,31-34H2,1-2H3,(H,53,57)(H2,49,51,52)/t37-,40-,41-,47+,61?/m0/s1. The molecule has 5 atom stereocenters. The van der Waals surface area contributed by atoms with Gasteiger partial charge in [-0.05, 0) is 62.6 Å². The highest BCUT2D eigenvalue weighted by molar-refractivity contribution is 7.52. The summed E-state index contributed by atoms with van der Waals surface area (Å²) < 4.78 is 49.6. The van der Waals surface area contributed by atoms with Gasteiger partial charge in [-0.2, -0.15) is 19.4 Å². The monoisotopic (exact) mass is 860 g/mol. The molecule has 2 aromatic carbocycles. The van der Waals surface area contributed by atoms with Gasteiger partial charge < -0.3 is 24.7 Å². The number of aromatic nitrogens is 4. The molecule has 2 aromatic heterocycles. The number of halogens is 1. The number of hydrogen-bond acceptors (Lipinski definition) is 10. The molecule has 0 spiro atoms. The van der Waals surface area contributed by atoms with E-state index in [2.05, 4.69) is 39.8 Å². The Morgan fingerprint density at radius 2 is 1.54 bits per heavy atom. The van der Waals surface area contributed by atoms with E-state index in [-0.39, 0.29) is 48.1 Å². The summed E-state index contributed by atoms with van der Waals surface area (Å²) in [4.78, 5) is 26.2. The highest BCUT2D eigenvalue weighted by atomic mass is 31.2. The van der Waals surface area contributed by atoms with Gasteiger partial charge in [0, 0.05) is 6.04 Å². The number of imidazole rings is 1. The smallest absolute Gasteiger partial charge is 0.459 e. The average Bonchev–Trinajstić information content (AvgIpc) is 3.83. The third kappa shape index (κ3) is 14.4. The molecule has 0 amide bonds. The van der Waals surface area contributed by atoms with Gasteiger partial charge in [-0.25, -0.2) is 9.55 Å². The lowest BCUT2D eigenvalue weighted by Gasteiger charge is -2.31. The Bertz CT molecular complexity index is 2000. The van der Waals surface area contributed by atoms with Crippen molar-refractivity contribution in [1.29, 1.82) is 0 Å². The normalized spacial score (nSPS) is 19.1. The van der Waals surface area contributed by atoms with Crippen molar-refractivity contribution in [3.05, 3.63) is 78.6 Å². The Morgan fingerprint density at radius 3 is 2.15 bits per heavy atom. The van der Waals surface area contributed by atoms with Gasteiger partial charge >= 0.3 is 19.8 Å². The number of anilines is 1. The summed E-state index contributed by atoms with van der Waals surface area (Å²) in [7, 11) is -4.44. The van der Waals surface area contributed by atoms with Crippen LogP contribution in [0.3, 0.4) is 0 Å². The molecular formula is C47H66FN6O6P. The van der Waals surface area contributed by atoms with E-state index in [0.29, 0.717) is 0 Å². The molecule has 12 nitrogen and oxygen atoms in total. The van der Waals surface area contributed by atoms with Gasteiger partial charge in [-0.15, -0.1) is 6.42 Å². The number of nitrogens with zero attached hydrogens (tertiary/aromatic N) is 4. The molecule has 332 valence electrons. The van der Waals surface area contributed by atoms with Crippen molar-refractivity contribution in [2.24, 2.45) is 5.41 Å². The molecule has 61 heavy (non-hydrogen) atoms. The van der Waals surface area contributed by atoms with Crippen LogP contribution in [0.5, 0.6) is 5.75 Å². The summed E-state index contributed by atoms with van der Waals surface area (Å²) >= 11 is 0. The van der Waals surface area contributed by atoms with E-state index in [1.54, 1.807) is 34.9 Å². The number of aliphatic hydroxyl groups excluding tert-OH is 1. The van der Waals surface area contributed by atoms with Crippen LogP contribution < -0.4 is 15.3 Å². The number of nitrogens with two attached hydrogens (primary N) is 1. The molecule has 0 radical (unpaired) electrons. The number of hydrogen-bond donors (Lipinski definition) is 3. The van der Waals surface area contributed by atoms with Crippen LogP contribution in [0.2, 0.25) is 0 Å². The molecule has 1 unspecified atom stereocenters. The number of carbonyl (C=O) groups is 1. The van der Waals surface area contributed by atoms with Crippen LogP contribution in [0.1, 0.15) is 141 Å². The summed E-state index contributed by atoms with van der Waals surface area (Å²) in [5.41, 5.74) is 5.75. The minimum absolute atomic E-state index is 0.109. The van der Waals surface area contributed by atoms with Crippen LogP contribution in [0, 0.1) is 23.8 Å². The van der Waals surface area contributed by atoms with E-state index in [4.69, 9.17) is 25.9 Å². The predicted molar refractivity (Wildman–Crippen MR) is 238 cm³/mol.